The van der Waals surface area contributed by atoms with E-state index in [9.17, 15) is 13.2 Å². The van der Waals surface area contributed by atoms with Gasteiger partial charge in [-0.25, -0.2) is 8.42 Å². The van der Waals surface area contributed by atoms with E-state index in [1.807, 2.05) is 6.92 Å². The lowest BCUT2D eigenvalue weighted by Gasteiger charge is -2.28. The van der Waals surface area contributed by atoms with E-state index in [1.165, 1.54) is 0 Å². The number of carbonyl (C=O) groups excluding carboxylic acids is 1. The molecule has 0 spiro atoms. The average molecular weight is 411 g/mol. The maximum absolute atomic E-state index is 12.5. The molecule has 2 aromatic rings. The fourth-order valence-electron chi connectivity index (χ4n) is 2.55. The van der Waals surface area contributed by atoms with Gasteiger partial charge in [0, 0.05) is 0 Å². The highest BCUT2D eigenvalue weighted by Crippen LogP contribution is 2.23. The van der Waals surface area contributed by atoms with Gasteiger partial charge in [-0.15, -0.1) is 0 Å². The molecule has 0 fully saturated rings. The van der Waals surface area contributed by atoms with Crippen LogP contribution in [0.5, 0.6) is 5.75 Å². The number of rotatable bonds is 8. The third-order valence-corrected chi connectivity index (χ3v) is 5.43. The first-order valence-corrected chi connectivity index (χ1v) is 10.6. The van der Waals surface area contributed by atoms with Gasteiger partial charge >= 0.3 is 0 Å². The fourth-order valence-corrected chi connectivity index (χ4v) is 3.91. The van der Waals surface area contributed by atoms with Gasteiger partial charge in [0.05, 0.1) is 23.5 Å². The lowest BCUT2D eigenvalue weighted by atomic mass is 10.2. The predicted molar refractivity (Wildman–Crippen MR) is 108 cm³/mol. The zero-order valence-electron chi connectivity index (χ0n) is 15.5. The van der Waals surface area contributed by atoms with E-state index >= 15 is 0 Å². The number of ether oxygens (including phenoxy) is 1. The number of nitrogens with one attached hydrogen (secondary N) is 1. The molecule has 146 valence electrons. The second kappa shape index (κ2) is 9.10. The number of nitrogens with zero attached hydrogens (tertiary/aromatic N) is 1. The van der Waals surface area contributed by atoms with E-state index in [-0.39, 0.29) is 13.2 Å². The van der Waals surface area contributed by atoms with Gasteiger partial charge in [-0.1, -0.05) is 41.4 Å². The van der Waals surface area contributed by atoms with Crippen molar-refractivity contribution in [1.29, 1.82) is 0 Å². The monoisotopic (exact) mass is 410 g/mol. The minimum absolute atomic E-state index is 0.214. The van der Waals surface area contributed by atoms with E-state index in [0.29, 0.717) is 16.5 Å². The van der Waals surface area contributed by atoms with Crippen molar-refractivity contribution in [2.45, 2.75) is 19.9 Å². The van der Waals surface area contributed by atoms with Crippen LogP contribution in [-0.2, 0) is 14.8 Å². The van der Waals surface area contributed by atoms with Crippen LogP contribution in [0.2, 0.25) is 5.02 Å². The Hall–Kier alpha value is -2.25. The molecule has 0 saturated carbocycles. The van der Waals surface area contributed by atoms with E-state index in [2.05, 4.69) is 5.32 Å². The summed E-state index contributed by atoms with van der Waals surface area (Å²) in [5.74, 6) is 0.114. The van der Waals surface area contributed by atoms with Crippen LogP contribution in [0.3, 0.4) is 0 Å². The highest BCUT2D eigenvalue weighted by molar-refractivity contribution is 7.92. The third kappa shape index (κ3) is 5.87. The smallest absolute Gasteiger partial charge is 0.243 e. The Bertz CT molecular complexity index is 885. The molecule has 0 saturated heterocycles. The topological polar surface area (TPSA) is 75.7 Å². The number of carbonyl (C=O) groups is 1. The Morgan fingerprint density at radius 2 is 1.81 bits per heavy atom. The summed E-state index contributed by atoms with van der Waals surface area (Å²) in [6.07, 6.45) is 1.08. The van der Waals surface area contributed by atoms with Crippen molar-refractivity contribution in [3.8, 4) is 5.75 Å². The molecular weight excluding hydrogens is 388 g/mol. The minimum Gasteiger partial charge on any atom is -0.490 e. The van der Waals surface area contributed by atoms with Crippen molar-refractivity contribution in [2.24, 2.45) is 0 Å². The molecule has 6 nitrogen and oxygen atoms in total. The zero-order valence-corrected chi connectivity index (χ0v) is 17.0. The van der Waals surface area contributed by atoms with Crippen molar-refractivity contribution < 1.29 is 17.9 Å². The summed E-state index contributed by atoms with van der Waals surface area (Å²) >= 11 is 6.00. The maximum Gasteiger partial charge on any atom is 0.243 e. The first-order valence-electron chi connectivity index (χ1n) is 8.41. The molecule has 0 aromatic heterocycles. The Labute approximate surface area is 165 Å². The molecule has 2 aromatic carbocycles. The molecule has 27 heavy (non-hydrogen) atoms. The predicted octanol–water partition coefficient (Wildman–Crippen LogP) is 3.00. The van der Waals surface area contributed by atoms with E-state index < -0.39 is 22.0 Å². The molecule has 0 radical (unpaired) electrons. The summed E-state index contributed by atoms with van der Waals surface area (Å²) in [7, 11) is -3.63. The second-order valence-corrected chi connectivity index (χ2v) is 8.41. The molecule has 8 heteroatoms. The molecule has 0 aliphatic heterocycles. The van der Waals surface area contributed by atoms with Gasteiger partial charge in [0.2, 0.25) is 15.9 Å². The number of amides is 1. The lowest BCUT2D eigenvalue weighted by Crippen LogP contribution is -2.48. The number of aryl methyl sites for hydroxylation is 1. The summed E-state index contributed by atoms with van der Waals surface area (Å²) in [5, 5.41) is 3.18. The highest BCUT2D eigenvalue weighted by atomic mass is 35.5. The number of benzene rings is 2. The van der Waals surface area contributed by atoms with Crippen LogP contribution in [0.25, 0.3) is 0 Å². The molecule has 0 bridgehead atoms. The molecule has 0 heterocycles. The van der Waals surface area contributed by atoms with Crippen LogP contribution in [0.4, 0.5) is 5.69 Å². The van der Waals surface area contributed by atoms with Crippen LogP contribution in [0.15, 0.2) is 48.5 Å². The summed E-state index contributed by atoms with van der Waals surface area (Å²) in [4.78, 5) is 12.5. The molecular formula is C19H23ClN2O4S. The minimum atomic E-state index is -3.63. The maximum atomic E-state index is 12.5. The van der Waals surface area contributed by atoms with E-state index in [1.54, 1.807) is 55.5 Å². The van der Waals surface area contributed by atoms with Crippen molar-refractivity contribution >= 4 is 33.2 Å². The highest BCUT2D eigenvalue weighted by Gasteiger charge is 2.28. The Kier molecular flexibility index (Phi) is 7.10. The van der Waals surface area contributed by atoms with Crippen LogP contribution in [0, 0.1) is 6.92 Å². The van der Waals surface area contributed by atoms with Gasteiger partial charge in [-0.05, 0) is 38.1 Å². The van der Waals surface area contributed by atoms with Crippen LogP contribution < -0.4 is 14.4 Å². The van der Waals surface area contributed by atoms with Gasteiger partial charge < -0.3 is 10.1 Å². The summed E-state index contributed by atoms with van der Waals surface area (Å²) in [5.41, 5.74) is 1.44. The van der Waals surface area contributed by atoms with Gasteiger partial charge in [0.25, 0.3) is 0 Å². The third-order valence-electron chi connectivity index (χ3n) is 3.87. The van der Waals surface area contributed by atoms with Gasteiger partial charge in [-0.3, -0.25) is 9.10 Å². The van der Waals surface area contributed by atoms with E-state index in [0.717, 1.165) is 16.1 Å². The van der Waals surface area contributed by atoms with Crippen LogP contribution in [0.1, 0.15) is 12.5 Å². The number of hydrogen-bond acceptors (Lipinski definition) is 4. The Morgan fingerprint density at radius 1 is 1.19 bits per heavy atom. The lowest BCUT2D eigenvalue weighted by molar-refractivity contribution is -0.121. The standard InChI is InChI=1S/C19H23ClN2O4S/c1-14-8-10-16(11-9-14)22(27(3,24)25)15(2)19(23)21-12-13-26-18-7-5-4-6-17(18)20/h4-11,15H,12-13H2,1-3H3,(H,21,23). The molecule has 1 atom stereocenters. The Morgan fingerprint density at radius 3 is 2.41 bits per heavy atom. The average Bonchev–Trinajstić information content (AvgIpc) is 2.60. The summed E-state index contributed by atoms with van der Waals surface area (Å²) < 4.78 is 31.1. The summed E-state index contributed by atoms with van der Waals surface area (Å²) in [6, 6.07) is 13.1. The number of halogens is 1. The van der Waals surface area contributed by atoms with Gasteiger partial charge in [0.1, 0.15) is 18.4 Å². The second-order valence-electron chi connectivity index (χ2n) is 6.14. The van der Waals surface area contributed by atoms with Crippen LogP contribution >= 0.6 is 11.6 Å². The first-order chi connectivity index (χ1) is 12.7. The number of hydrogen-bond donors (Lipinski definition) is 1. The largest absolute Gasteiger partial charge is 0.490 e. The molecule has 1 N–H and O–H groups in total. The fraction of sp³-hybridized carbons (Fsp3) is 0.316. The normalized spacial score (nSPS) is 12.3. The zero-order chi connectivity index (χ0) is 20.0. The summed E-state index contributed by atoms with van der Waals surface area (Å²) in [6.45, 7) is 3.89. The van der Waals surface area contributed by atoms with Gasteiger partial charge in [-0.2, -0.15) is 0 Å². The first kappa shape index (κ1) is 21.1. The quantitative estimate of drug-likeness (QED) is 0.679. The van der Waals surface area contributed by atoms with Crippen LogP contribution in [-0.4, -0.2) is 39.8 Å². The number of sulfonamides is 1. The van der Waals surface area contributed by atoms with Crippen molar-refractivity contribution in [1.82, 2.24) is 5.32 Å². The SMILES string of the molecule is Cc1ccc(N(C(C)C(=O)NCCOc2ccccc2Cl)S(C)(=O)=O)cc1. The molecule has 1 amide bonds. The molecule has 0 aliphatic carbocycles. The molecule has 2 rings (SSSR count). The van der Waals surface area contributed by atoms with Crippen molar-refractivity contribution in [3.63, 3.8) is 0 Å². The Balaban J connectivity index is 1.98. The number of anilines is 1. The molecule has 1 unspecified atom stereocenters. The van der Waals surface area contributed by atoms with E-state index in [4.69, 9.17) is 16.3 Å². The molecule has 0 aliphatic rings. The van der Waals surface area contributed by atoms with Crippen molar-refractivity contribution in [2.75, 3.05) is 23.7 Å². The van der Waals surface area contributed by atoms with Gasteiger partial charge in [0.15, 0.2) is 0 Å². The number of para-hydroxylation sites is 1. The van der Waals surface area contributed by atoms with Crippen molar-refractivity contribution in [3.05, 3.63) is 59.1 Å².